The highest BCUT2D eigenvalue weighted by Gasteiger charge is 2.09. The van der Waals surface area contributed by atoms with Gasteiger partial charge in [-0.05, 0) is 19.9 Å². The minimum absolute atomic E-state index is 0.487. The summed E-state index contributed by atoms with van der Waals surface area (Å²) < 4.78 is 7.12. The van der Waals surface area contributed by atoms with Gasteiger partial charge in [0.05, 0.1) is 0 Å². The molecular weight excluding hydrogens is 190 g/mol. The van der Waals surface area contributed by atoms with Crippen LogP contribution in [0.15, 0.2) is 12.4 Å². The molecule has 1 atom stereocenters. The lowest BCUT2D eigenvalue weighted by Crippen LogP contribution is -2.29. The van der Waals surface area contributed by atoms with Crippen LogP contribution in [-0.4, -0.2) is 36.4 Å². The molecule has 0 fully saturated rings. The molecular formula is C11H21N3O. The highest BCUT2D eigenvalue weighted by Crippen LogP contribution is 2.05. The zero-order chi connectivity index (χ0) is 11.1. The molecule has 1 aromatic rings. The third kappa shape index (κ3) is 4.01. The summed E-state index contributed by atoms with van der Waals surface area (Å²) in [5.74, 6) is 1.13. The van der Waals surface area contributed by atoms with Crippen molar-refractivity contribution in [3.05, 3.63) is 18.2 Å². The maximum Gasteiger partial charge on any atom is 0.109 e. The number of imidazole rings is 1. The number of likely N-dealkylation sites (N-methyl/N-ethyl adjacent to an activating group) is 1. The Labute approximate surface area is 91.7 Å². The molecule has 0 aromatic carbocycles. The number of rotatable bonds is 7. The van der Waals surface area contributed by atoms with Gasteiger partial charge in [-0.3, -0.25) is 0 Å². The smallest absolute Gasteiger partial charge is 0.109 e. The summed E-state index contributed by atoms with van der Waals surface area (Å²) in [4.78, 5) is 4.32. The van der Waals surface area contributed by atoms with Crippen LogP contribution >= 0.6 is 0 Å². The van der Waals surface area contributed by atoms with Gasteiger partial charge in [0.25, 0.3) is 0 Å². The summed E-state index contributed by atoms with van der Waals surface area (Å²) in [5, 5.41) is 3.32. The molecule has 0 saturated carbocycles. The SMILES string of the molecule is CNC(CCCOC)Cc1nccn1C. The van der Waals surface area contributed by atoms with Crippen LogP contribution in [0, 0.1) is 0 Å². The van der Waals surface area contributed by atoms with Crippen LogP contribution in [0.3, 0.4) is 0 Å². The van der Waals surface area contributed by atoms with E-state index in [4.69, 9.17) is 4.74 Å². The summed E-state index contributed by atoms with van der Waals surface area (Å²) in [5.41, 5.74) is 0. The van der Waals surface area contributed by atoms with Gasteiger partial charge in [0.1, 0.15) is 5.82 Å². The van der Waals surface area contributed by atoms with Crippen LogP contribution in [0.5, 0.6) is 0 Å². The zero-order valence-electron chi connectivity index (χ0n) is 9.86. The van der Waals surface area contributed by atoms with E-state index in [1.165, 1.54) is 0 Å². The highest BCUT2D eigenvalue weighted by atomic mass is 16.5. The van der Waals surface area contributed by atoms with Crippen molar-refractivity contribution >= 4 is 0 Å². The molecule has 1 N–H and O–H groups in total. The molecule has 0 aliphatic heterocycles. The van der Waals surface area contributed by atoms with Gasteiger partial charge in [-0.2, -0.15) is 0 Å². The second-order valence-electron chi connectivity index (χ2n) is 3.78. The van der Waals surface area contributed by atoms with Crippen LogP contribution in [0.25, 0.3) is 0 Å². The molecule has 0 aliphatic rings. The third-order valence-corrected chi connectivity index (χ3v) is 2.66. The second-order valence-corrected chi connectivity index (χ2v) is 3.78. The molecule has 0 saturated heterocycles. The molecule has 1 aromatic heterocycles. The Bertz CT molecular complexity index is 273. The predicted octanol–water partition coefficient (Wildman–Crippen LogP) is 0.977. The molecule has 0 radical (unpaired) electrons. The predicted molar refractivity (Wildman–Crippen MR) is 60.9 cm³/mol. The van der Waals surface area contributed by atoms with E-state index < -0.39 is 0 Å². The van der Waals surface area contributed by atoms with Crippen molar-refractivity contribution in [2.75, 3.05) is 20.8 Å². The highest BCUT2D eigenvalue weighted by molar-refractivity contribution is 4.94. The van der Waals surface area contributed by atoms with Gasteiger partial charge in [0.15, 0.2) is 0 Å². The molecule has 4 nitrogen and oxygen atoms in total. The monoisotopic (exact) mass is 211 g/mol. The average molecular weight is 211 g/mol. The second kappa shape index (κ2) is 6.58. The van der Waals surface area contributed by atoms with Crippen molar-refractivity contribution in [2.24, 2.45) is 7.05 Å². The van der Waals surface area contributed by atoms with E-state index in [9.17, 15) is 0 Å². The van der Waals surface area contributed by atoms with Crippen molar-refractivity contribution in [3.63, 3.8) is 0 Å². The molecule has 1 heterocycles. The largest absolute Gasteiger partial charge is 0.385 e. The first-order valence-corrected chi connectivity index (χ1v) is 5.40. The number of aryl methyl sites for hydroxylation is 1. The molecule has 0 aliphatic carbocycles. The standard InChI is InChI=1S/C11H21N3O/c1-12-10(5-4-8-15-3)9-11-13-6-7-14(11)2/h6-7,10,12H,4-5,8-9H2,1-3H3. The number of methoxy groups -OCH3 is 1. The fourth-order valence-electron chi connectivity index (χ4n) is 1.64. The first-order chi connectivity index (χ1) is 7.27. The van der Waals surface area contributed by atoms with Crippen molar-refractivity contribution < 1.29 is 4.74 Å². The maximum absolute atomic E-state index is 5.05. The molecule has 0 spiro atoms. The van der Waals surface area contributed by atoms with Crippen LogP contribution < -0.4 is 5.32 Å². The number of hydrogen-bond donors (Lipinski definition) is 1. The summed E-state index contributed by atoms with van der Waals surface area (Å²) in [6.45, 7) is 0.832. The molecule has 0 bridgehead atoms. The van der Waals surface area contributed by atoms with Gasteiger partial charge in [-0.15, -0.1) is 0 Å². The fourth-order valence-corrected chi connectivity index (χ4v) is 1.64. The number of nitrogens with one attached hydrogen (secondary N) is 1. The Kier molecular flexibility index (Phi) is 5.36. The van der Waals surface area contributed by atoms with Crippen molar-refractivity contribution in [1.29, 1.82) is 0 Å². The lowest BCUT2D eigenvalue weighted by Gasteiger charge is -2.15. The quantitative estimate of drug-likeness (QED) is 0.683. The topological polar surface area (TPSA) is 39.1 Å². The summed E-state index contributed by atoms with van der Waals surface area (Å²) >= 11 is 0. The van der Waals surface area contributed by atoms with E-state index in [-0.39, 0.29) is 0 Å². The summed E-state index contributed by atoms with van der Waals surface area (Å²) in [6, 6.07) is 0.487. The number of hydrogen-bond acceptors (Lipinski definition) is 3. The van der Waals surface area contributed by atoms with Gasteiger partial charge in [-0.25, -0.2) is 4.98 Å². The van der Waals surface area contributed by atoms with Crippen molar-refractivity contribution in [3.8, 4) is 0 Å². The van der Waals surface area contributed by atoms with Gasteiger partial charge in [0.2, 0.25) is 0 Å². The van der Waals surface area contributed by atoms with Gasteiger partial charge in [0, 0.05) is 45.6 Å². The van der Waals surface area contributed by atoms with Crippen LogP contribution in [0.2, 0.25) is 0 Å². The minimum Gasteiger partial charge on any atom is -0.385 e. The van der Waals surface area contributed by atoms with Gasteiger partial charge < -0.3 is 14.6 Å². The van der Waals surface area contributed by atoms with E-state index in [0.29, 0.717) is 6.04 Å². The van der Waals surface area contributed by atoms with E-state index in [1.807, 2.05) is 26.5 Å². The number of aromatic nitrogens is 2. The number of ether oxygens (including phenoxy) is 1. The van der Waals surface area contributed by atoms with E-state index in [2.05, 4.69) is 14.9 Å². The van der Waals surface area contributed by atoms with Crippen molar-refractivity contribution in [2.45, 2.75) is 25.3 Å². The van der Waals surface area contributed by atoms with Crippen LogP contribution in [0.4, 0.5) is 0 Å². The Hall–Kier alpha value is -0.870. The first kappa shape index (κ1) is 12.2. The molecule has 0 amide bonds. The summed E-state index contributed by atoms with van der Waals surface area (Å²) in [6.07, 6.45) is 7.02. The Morgan fingerprint density at radius 3 is 2.93 bits per heavy atom. The molecule has 1 rings (SSSR count). The Morgan fingerprint density at radius 2 is 2.40 bits per heavy atom. The molecule has 86 valence electrons. The third-order valence-electron chi connectivity index (χ3n) is 2.66. The van der Waals surface area contributed by atoms with E-state index in [1.54, 1.807) is 7.11 Å². The average Bonchev–Trinajstić information content (AvgIpc) is 2.63. The normalized spacial score (nSPS) is 13.0. The lowest BCUT2D eigenvalue weighted by molar-refractivity contribution is 0.189. The first-order valence-electron chi connectivity index (χ1n) is 5.40. The molecule has 4 heteroatoms. The zero-order valence-corrected chi connectivity index (χ0v) is 9.86. The van der Waals surface area contributed by atoms with Crippen LogP contribution in [-0.2, 0) is 18.2 Å². The van der Waals surface area contributed by atoms with Gasteiger partial charge >= 0.3 is 0 Å². The van der Waals surface area contributed by atoms with E-state index in [0.717, 1.165) is 31.7 Å². The molecule has 1 unspecified atom stereocenters. The lowest BCUT2D eigenvalue weighted by atomic mass is 10.1. The minimum atomic E-state index is 0.487. The number of nitrogens with zero attached hydrogens (tertiary/aromatic N) is 2. The Morgan fingerprint density at radius 1 is 1.60 bits per heavy atom. The maximum atomic E-state index is 5.05. The fraction of sp³-hybridized carbons (Fsp3) is 0.727. The summed E-state index contributed by atoms with van der Waals surface area (Å²) in [7, 11) is 5.78. The van der Waals surface area contributed by atoms with Crippen molar-refractivity contribution in [1.82, 2.24) is 14.9 Å². The van der Waals surface area contributed by atoms with E-state index >= 15 is 0 Å². The molecule has 15 heavy (non-hydrogen) atoms. The van der Waals surface area contributed by atoms with Crippen LogP contribution in [0.1, 0.15) is 18.7 Å². The van der Waals surface area contributed by atoms with Gasteiger partial charge in [-0.1, -0.05) is 0 Å². The Balaban J connectivity index is 2.36.